The van der Waals surface area contributed by atoms with Crippen LogP contribution in [0, 0.1) is 17.2 Å². The third kappa shape index (κ3) is 6.15. The fraction of sp³-hybridized carbons (Fsp3) is 0.562. The van der Waals surface area contributed by atoms with E-state index in [9.17, 15) is 0 Å². The molecule has 3 nitrogen and oxygen atoms in total. The standard InChI is InChI=1S/C16H24N2O/c1-3-14(4-2)13-18-15-8-7-9-16(12-15)19-11-6-5-10-17/h7-9,12,14,18H,3-6,11,13H2,1-2H3. The Morgan fingerprint density at radius 2 is 2.11 bits per heavy atom. The summed E-state index contributed by atoms with van der Waals surface area (Å²) in [6, 6.07) is 10.1. The SMILES string of the molecule is CCC(CC)CNc1cccc(OCCCC#N)c1. The number of rotatable bonds is 9. The van der Waals surface area contributed by atoms with Gasteiger partial charge in [-0.15, -0.1) is 0 Å². The molecule has 0 saturated heterocycles. The Balaban J connectivity index is 2.41. The van der Waals surface area contributed by atoms with Crippen LogP contribution in [0.1, 0.15) is 39.5 Å². The van der Waals surface area contributed by atoms with E-state index in [1.807, 2.05) is 18.2 Å². The molecule has 0 aliphatic rings. The van der Waals surface area contributed by atoms with Crippen molar-refractivity contribution in [2.45, 2.75) is 39.5 Å². The summed E-state index contributed by atoms with van der Waals surface area (Å²) in [5.74, 6) is 1.59. The molecule has 0 spiro atoms. The summed E-state index contributed by atoms with van der Waals surface area (Å²) in [6.45, 7) is 6.06. The van der Waals surface area contributed by atoms with Crippen molar-refractivity contribution in [3.63, 3.8) is 0 Å². The van der Waals surface area contributed by atoms with Crippen LogP contribution in [0.5, 0.6) is 5.75 Å². The van der Waals surface area contributed by atoms with Crippen LogP contribution in [0.4, 0.5) is 5.69 Å². The second-order valence-corrected chi connectivity index (χ2v) is 4.70. The van der Waals surface area contributed by atoms with Crippen LogP contribution in [0.3, 0.4) is 0 Å². The van der Waals surface area contributed by atoms with Crippen molar-refractivity contribution in [1.29, 1.82) is 5.26 Å². The van der Waals surface area contributed by atoms with Gasteiger partial charge in [0.2, 0.25) is 0 Å². The van der Waals surface area contributed by atoms with Gasteiger partial charge in [0.25, 0.3) is 0 Å². The van der Waals surface area contributed by atoms with Crippen LogP contribution in [0.25, 0.3) is 0 Å². The Labute approximate surface area is 116 Å². The number of nitriles is 1. The van der Waals surface area contributed by atoms with Crippen molar-refractivity contribution >= 4 is 5.69 Å². The molecule has 0 atom stereocenters. The van der Waals surface area contributed by atoms with Crippen LogP contribution < -0.4 is 10.1 Å². The van der Waals surface area contributed by atoms with Crippen LogP contribution in [-0.2, 0) is 0 Å². The van der Waals surface area contributed by atoms with Gasteiger partial charge in [-0.2, -0.15) is 5.26 Å². The summed E-state index contributed by atoms with van der Waals surface area (Å²) >= 11 is 0. The molecule has 1 rings (SSSR count). The normalized spacial score (nSPS) is 10.2. The second-order valence-electron chi connectivity index (χ2n) is 4.70. The first-order valence-corrected chi connectivity index (χ1v) is 7.13. The van der Waals surface area contributed by atoms with Gasteiger partial charge in [0.1, 0.15) is 5.75 Å². The fourth-order valence-corrected chi connectivity index (χ4v) is 1.88. The van der Waals surface area contributed by atoms with Gasteiger partial charge < -0.3 is 10.1 Å². The minimum Gasteiger partial charge on any atom is -0.493 e. The number of nitrogens with one attached hydrogen (secondary N) is 1. The molecule has 0 saturated carbocycles. The maximum atomic E-state index is 8.46. The van der Waals surface area contributed by atoms with Gasteiger partial charge >= 0.3 is 0 Å². The van der Waals surface area contributed by atoms with Gasteiger partial charge in [-0.25, -0.2) is 0 Å². The largest absolute Gasteiger partial charge is 0.493 e. The lowest BCUT2D eigenvalue weighted by Gasteiger charge is -2.15. The van der Waals surface area contributed by atoms with Gasteiger partial charge in [-0.1, -0.05) is 32.8 Å². The number of nitrogens with zero attached hydrogens (tertiary/aromatic N) is 1. The summed E-state index contributed by atoms with van der Waals surface area (Å²) < 4.78 is 5.62. The first-order valence-electron chi connectivity index (χ1n) is 7.13. The molecule has 0 aromatic heterocycles. The third-order valence-corrected chi connectivity index (χ3v) is 3.29. The summed E-state index contributed by atoms with van der Waals surface area (Å²) in [6.07, 6.45) is 3.73. The van der Waals surface area contributed by atoms with Crippen molar-refractivity contribution in [2.75, 3.05) is 18.5 Å². The van der Waals surface area contributed by atoms with Crippen molar-refractivity contribution in [3.8, 4) is 11.8 Å². The average Bonchev–Trinajstić information content (AvgIpc) is 2.45. The molecule has 0 heterocycles. The molecule has 0 bridgehead atoms. The van der Waals surface area contributed by atoms with Crippen LogP contribution in [-0.4, -0.2) is 13.2 Å². The molecule has 1 aromatic rings. The monoisotopic (exact) mass is 260 g/mol. The molecule has 19 heavy (non-hydrogen) atoms. The lowest BCUT2D eigenvalue weighted by atomic mass is 10.0. The molecule has 0 aliphatic heterocycles. The lowest BCUT2D eigenvalue weighted by Crippen LogP contribution is -2.12. The zero-order valence-electron chi connectivity index (χ0n) is 12.0. The Morgan fingerprint density at radius 1 is 1.32 bits per heavy atom. The van der Waals surface area contributed by atoms with E-state index in [2.05, 4.69) is 31.3 Å². The van der Waals surface area contributed by atoms with E-state index in [0.29, 0.717) is 13.0 Å². The van der Waals surface area contributed by atoms with Crippen LogP contribution >= 0.6 is 0 Å². The van der Waals surface area contributed by atoms with Crippen LogP contribution in [0.15, 0.2) is 24.3 Å². The highest BCUT2D eigenvalue weighted by Gasteiger charge is 2.03. The Hall–Kier alpha value is -1.69. The molecule has 0 amide bonds. The molecular weight excluding hydrogens is 236 g/mol. The van der Waals surface area contributed by atoms with E-state index in [0.717, 1.165) is 30.3 Å². The van der Waals surface area contributed by atoms with E-state index in [4.69, 9.17) is 10.00 Å². The first kappa shape index (κ1) is 15.4. The average molecular weight is 260 g/mol. The number of ether oxygens (including phenoxy) is 1. The zero-order chi connectivity index (χ0) is 13.9. The molecule has 3 heteroatoms. The molecular formula is C16H24N2O. The first-order chi connectivity index (χ1) is 9.30. The summed E-state index contributed by atoms with van der Waals surface area (Å²) in [7, 11) is 0. The summed E-state index contributed by atoms with van der Waals surface area (Å²) in [4.78, 5) is 0. The van der Waals surface area contributed by atoms with E-state index in [1.165, 1.54) is 12.8 Å². The number of anilines is 1. The quantitative estimate of drug-likeness (QED) is 0.676. The maximum Gasteiger partial charge on any atom is 0.121 e. The minimum atomic E-state index is 0.548. The van der Waals surface area contributed by atoms with Crippen LogP contribution in [0.2, 0.25) is 0 Å². The van der Waals surface area contributed by atoms with Crippen molar-refractivity contribution in [3.05, 3.63) is 24.3 Å². The van der Waals surface area contributed by atoms with Gasteiger partial charge in [0.15, 0.2) is 0 Å². The van der Waals surface area contributed by atoms with E-state index in [1.54, 1.807) is 0 Å². The van der Waals surface area contributed by atoms with E-state index in [-0.39, 0.29) is 0 Å². The predicted octanol–water partition coefficient (Wildman–Crippen LogP) is 4.22. The molecule has 1 N–H and O–H groups in total. The van der Waals surface area contributed by atoms with Gasteiger partial charge in [0, 0.05) is 24.7 Å². The third-order valence-electron chi connectivity index (χ3n) is 3.29. The maximum absolute atomic E-state index is 8.46. The molecule has 0 radical (unpaired) electrons. The topological polar surface area (TPSA) is 45.0 Å². The van der Waals surface area contributed by atoms with E-state index >= 15 is 0 Å². The smallest absolute Gasteiger partial charge is 0.121 e. The molecule has 1 aromatic carbocycles. The number of benzene rings is 1. The minimum absolute atomic E-state index is 0.548. The highest BCUT2D eigenvalue weighted by molar-refractivity contribution is 5.48. The van der Waals surface area contributed by atoms with Gasteiger partial charge in [-0.05, 0) is 24.5 Å². The van der Waals surface area contributed by atoms with Gasteiger partial charge in [0.05, 0.1) is 12.7 Å². The number of hydrogen-bond donors (Lipinski definition) is 1. The summed E-state index contributed by atoms with van der Waals surface area (Å²) in [5, 5.41) is 11.9. The Kier molecular flexibility index (Phi) is 7.50. The Morgan fingerprint density at radius 3 is 2.79 bits per heavy atom. The predicted molar refractivity (Wildman–Crippen MR) is 79.3 cm³/mol. The second kappa shape index (κ2) is 9.27. The number of hydrogen-bond acceptors (Lipinski definition) is 3. The van der Waals surface area contributed by atoms with Crippen molar-refractivity contribution in [1.82, 2.24) is 0 Å². The zero-order valence-corrected chi connectivity index (χ0v) is 12.0. The molecule has 104 valence electrons. The van der Waals surface area contributed by atoms with Gasteiger partial charge in [-0.3, -0.25) is 0 Å². The number of unbranched alkanes of at least 4 members (excludes halogenated alkanes) is 1. The van der Waals surface area contributed by atoms with E-state index < -0.39 is 0 Å². The van der Waals surface area contributed by atoms with Crippen molar-refractivity contribution < 1.29 is 4.74 Å². The summed E-state index contributed by atoms with van der Waals surface area (Å²) in [5.41, 5.74) is 1.10. The fourth-order valence-electron chi connectivity index (χ4n) is 1.88. The van der Waals surface area contributed by atoms with Crippen molar-refractivity contribution in [2.24, 2.45) is 5.92 Å². The Bertz CT molecular complexity index is 394. The highest BCUT2D eigenvalue weighted by atomic mass is 16.5. The molecule has 0 fully saturated rings. The molecule has 0 unspecified atom stereocenters. The lowest BCUT2D eigenvalue weighted by molar-refractivity contribution is 0.313. The molecule has 0 aliphatic carbocycles. The highest BCUT2D eigenvalue weighted by Crippen LogP contribution is 2.18.